The van der Waals surface area contributed by atoms with E-state index >= 15 is 0 Å². The number of hydrazone groups is 1. The van der Waals surface area contributed by atoms with Gasteiger partial charge in [-0.1, -0.05) is 29.8 Å². The molecule has 6 heteroatoms. The van der Waals surface area contributed by atoms with Crippen molar-refractivity contribution in [3.8, 4) is 0 Å². The van der Waals surface area contributed by atoms with E-state index in [-0.39, 0.29) is 12.5 Å². The number of benzene rings is 1. The largest absolute Gasteiger partial charge is 0.376 e. The zero-order chi connectivity index (χ0) is 14.4. The van der Waals surface area contributed by atoms with E-state index in [1.54, 1.807) is 6.07 Å². The molecule has 1 aromatic heterocycles. The van der Waals surface area contributed by atoms with Crippen molar-refractivity contribution in [1.29, 1.82) is 0 Å². The minimum absolute atomic E-state index is 0.173. The molecule has 2 aromatic rings. The van der Waals surface area contributed by atoms with Crippen LogP contribution >= 0.6 is 22.9 Å². The highest BCUT2D eigenvalue weighted by Crippen LogP contribution is 2.21. The smallest absolute Gasteiger partial charge is 0.259 e. The summed E-state index contributed by atoms with van der Waals surface area (Å²) in [7, 11) is 0. The van der Waals surface area contributed by atoms with Gasteiger partial charge < -0.3 is 5.32 Å². The second-order valence-electron chi connectivity index (χ2n) is 4.06. The molecule has 0 radical (unpaired) electrons. The monoisotopic (exact) mass is 307 g/mol. The Morgan fingerprint density at radius 3 is 2.65 bits per heavy atom. The number of carbonyl (C=O) groups excluding carboxylic acids is 1. The van der Waals surface area contributed by atoms with Crippen LogP contribution in [0.3, 0.4) is 0 Å². The third-order valence-electron chi connectivity index (χ3n) is 2.50. The van der Waals surface area contributed by atoms with Gasteiger partial charge in [0.2, 0.25) is 0 Å². The van der Waals surface area contributed by atoms with Crippen LogP contribution in [-0.4, -0.2) is 18.2 Å². The van der Waals surface area contributed by atoms with Gasteiger partial charge in [0.25, 0.3) is 5.91 Å². The van der Waals surface area contributed by atoms with Crippen LogP contribution in [0.4, 0.5) is 5.69 Å². The van der Waals surface area contributed by atoms with Crippen LogP contribution in [0, 0.1) is 0 Å². The molecule has 1 heterocycles. The number of halogens is 1. The molecule has 2 N–H and O–H groups in total. The Balaban J connectivity index is 1.83. The summed E-state index contributed by atoms with van der Waals surface area (Å²) in [6.07, 6.45) is 0. The van der Waals surface area contributed by atoms with Gasteiger partial charge in [0, 0.05) is 5.69 Å². The summed E-state index contributed by atoms with van der Waals surface area (Å²) >= 11 is 7.28. The Hall–Kier alpha value is -1.85. The van der Waals surface area contributed by atoms with E-state index in [1.165, 1.54) is 11.3 Å². The number of amides is 1. The Morgan fingerprint density at radius 2 is 2.00 bits per heavy atom. The zero-order valence-corrected chi connectivity index (χ0v) is 12.5. The number of para-hydroxylation sites is 1. The lowest BCUT2D eigenvalue weighted by molar-refractivity contribution is -0.119. The zero-order valence-electron chi connectivity index (χ0n) is 10.9. The topological polar surface area (TPSA) is 53.5 Å². The molecule has 0 saturated carbocycles. The maximum absolute atomic E-state index is 11.7. The standard InChI is InChI=1S/C14H14ClN3OS/c1-10(12-7-8-13(15)20-12)17-18-14(19)9-16-11-5-3-2-4-6-11/h2-8,16H,9H2,1H3,(H,18,19)/b17-10+. The van der Waals surface area contributed by atoms with Crippen molar-refractivity contribution < 1.29 is 4.79 Å². The summed E-state index contributed by atoms with van der Waals surface area (Å²) in [5.41, 5.74) is 4.14. The maximum Gasteiger partial charge on any atom is 0.259 e. The highest BCUT2D eigenvalue weighted by Gasteiger charge is 2.03. The highest BCUT2D eigenvalue weighted by atomic mass is 35.5. The van der Waals surface area contributed by atoms with Crippen LogP contribution in [0.25, 0.3) is 0 Å². The minimum Gasteiger partial charge on any atom is -0.376 e. The van der Waals surface area contributed by atoms with Crippen molar-refractivity contribution >= 4 is 40.2 Å². The second kappa shape index (κ2) is 7.07. The second-order valence-corrected chi connectivity index (χ2v) is 5.77. The fourth-order valence-corrected chi connectivity index (χ4v) is 2.48. The summed E-state index contributed by atoms with van der Waals surface area (Å²) in [5.74, 6) is -0.198. The van der Waals surface area contributed by atoms with Crippen molar-refractivity contribution in [1.82, 2.24) is 5.43 Å². The van der Waals surface area contributed by atoms with Gasteiger partial charge in [-0.15, -0.1) is 11.3 Å². The number of anilines is 1. The Bertz CT molecular complexity index is 610. The summed E-state index contributed by atoms with van der Waals surface area (Å²) in [5, 5.41) is 7.06. The molecule has 0 aliphatic carbocycles. The number of thiophene rings is 1. The lowest BCUT2D eigenvalue weighted by Crippen LogP contribution is -2.26. The highest BCUT2D eigenvalue weighted by molar-refractivity contribution is 7.18. The molecular formula is C14H14ClN3OS. The van der Waals surface area contributed by atoms with Gasteiger partial charge >= 0.3 is 0 Å². The van der Waals surface area contributed by atoms with Crippen molar-refractivity contribution in [2.75, 3.05) is 11.9 Å². The Kier molecular flexibility index (Phi) is 5.15. The van der Waals surface area contributed by atoms with E-state index < -0.39 is 0 Å². The fraction of sp³-hybridized carbons (Fsp3) is 0.143. The van der Waals surface area contributed by atoms with Gasteiger partial charge in [0.05, 0.1) is 21.5 Å². The first-order valence-corrected chi connectivity index (χ1v) is 7.22. The van der Waals surface area contributed by atoms with Crippen LogP contribution in [-0.2, 0) is 4.79 Å². The van der Waals surface area contributed by atoms with Gasteiger partial charge in [-0.2, -0.15) is 5.10 Å². The molecule has 1 amide bonds. The van der Waals surface area contributed by atoms with Gasteiger partial charge in [-0.25, -0.2) is 5.43 Å². The normalized spacial score (nSPS) is 11.2. The van der Waals surface area contributed by atoms with Crippen LogP contribution < -0.4 is 10.7 Å². The lowest BCUT2D eigenvalue weighted by Gasteiger charge is -2.05. The molecule has 1 aromatic carbocycles. The quantitative estimate of drug-likeness (QED) is 0.657. The first-order valence-electron chi connectivity index (χ1n) is 6.03. The molecule has 0 fully saturated rings. The molecule has 104 valence electrons. The maximum atomic E-state index is 11.7. The van der Waals surface area contributed by atoms with E-state index in [2.05, 4.69) is 15.8 Å². The van der Waals surface area contributed by atoms with Crippen LogP contribution in [0.15, 0.2) is 47.6 Å². The molecule has 2 rings (SSSR count). The first-order chi connectivity index (χ1) is 9.65. The molecule has 0 spiro atoms. The number of nitrogens with one attached hydrogen (secondary N) is 2. The van der Waals surface area contributed by atoms with E-state index in [9.17, 15) is 4.79 Å². The van der Waals surface area contributed by atoms with Gasteiger partial charge in [0.15, 0.2) is 0 Å². The minimum atomic E-state index is -0.198. The third-order valence-corrected chi connectivity index (χ3v) is 3.84. The van der Waals surface area contributed by atoms with Gasteiger partial charge in [0.1, 0.15) is 0 Å². The summed E-state index contributed by atoms with van der Waals surface area (Å²) in [6, 6.07) is 13.2. The average molecular weight is 308 g/mol. The van der Waals surface area contributed by atoms with Gasteiger partial charge in [-0.05, 0) is 31.2 Å². The number of nitrogens with zero attached hydrogens (tertiary/aromatic N) is 1. The number of hydrogen-bond acceptors (Lipinski definition) is 4. The third kappa shape index (κ3) is 4.36. The Morgan fingerprint density at radius 1 is 1.25 bits per heavy atom. The SMILES string of the molecule is C/C(=N\NC(=O)CNc1ccccc1)c1ccc(Cl)s1. The number of hydrogen-bond donors (Lipinski definition) is 2. The number of carbonyl (C=O) groups is 1. The molecular weight excluding hydrogens is 294 g/mol. The molecule has 0 aliphatic rings. The molecule has 20 heavy (non-hydrogen) atoms. The summed E-state index contributed by atoms with van der Waals surface area (Å²) in [4.78, 5) is 12.6. The molecule has 0 saturated heterocycles. The average Bonchev–Trinajstić information content (AvgIpc) is 2.90. The van der Waals surface area contributed by atoms with Crippen molar-refractivity contribution in [3.63, 3.8) is 0 Å². The van der Waals surface area contributed by atoms with E-state index in [1.807, 2.05) is 43.3 Å². The molecule has 0 unspecified atom stereocenters. The van der Waals surface area contributed by atoms with E-state index in [0.717, 1.165) is 16.3 Å². The van der Waals surface area contributed by atoms with Crippen LogP contribution in [0.2, 0.25) is 4.34 Å². The van der Waals surface area contributed by atoms with E-state index in [0.29, 0.717) is 4.34 Å². The van der Waals surface area contributed by atoms with Crippen molar-refractivity contribution in [3.05, 3.63) is 51.7 Å². The van der Waals surface area contributed by atoms with Crippen LogP contribution in [0.1, 0.15) is 11.8 Å². The summed E-state index contributed by atoms with van der Waals surface area (Å²) in [6.45, 7) is 2.00. The van der Waals surface area contributed by atoms with Crippen molar-refractivity contribution in [2.24, 2.45) is 5.10 Å². The fourth-order valence-electron chi connectivity index (χ4n) is 1.49. The van der Waals surface area contributed by atoms with Crippen LogP contribution in [0.5, 0.6) is 0 Å². The first kappa shape index (κ1) is 14.6. The van der Waals surface area contributed by atoms with E-state index in [4.69, 9.17) is 11.6 Å². The van der Waals surface area contributed by atoms with Gasteiger partial charge in [-0.3, -0.25) is 4.79 Å². The lowest BCUT2D eigenvalue weighted by atomic mass is 10.3. The molecule has 4 nitrogen and oxygen atoms in total. The predicted octanol–water partition coefficient (Wildman–Crippen LogP) is 3.35. The Labute approximate surface area is 126 Å². The molecule has 0 atom stereocenters. The molecule has 0 aliphatic heterocycles. The van der Waals surface area contributed by atoms with Crippen molar-refractivity contribution in [2.45, 2.75) is 6.92 Å². The summed E-state index contributed by atoms with van der Waals surface area (Å²) < 4.78 is 0.701. The molecule has 0 bridgehead atoms. The number of rotatable bonds is 5. The predicted molar refractivity (Wildman–Crippen MR) is 84.6 cm³/mol.